The SMILES string of the molecule is CC(CCCC#N)O[SiH3]. The third-order valence-electron chi connectivity index (χ3n) is 1.30. The van der Waals surface area contributed by atoms with Crippen molar-refractivity contribution >= 4 is 10.5 Å². The molecule has 1 atom stereocenters. The zero-order valence-corrected chi connectivity index (χ0v) is 8.05. The van der Waals surface area contributed by atoms with E-state index >= 15 is 0 Å². The van der Waals surface area contributed by atoms with Crippen LogP contribution in [0.1, 0.15) is 26.2 Å². The molecule has 0 aromatic rings. The zero-order chi connectivity index (χ0) is 7.11. The van der Waals surface area contributed by atoms with Crippen LogP contribution in [0.5, 0.6) is 0 Å². The van der Waals surface area contributed by atoms with Crippen LogP contribution in [-0.4, -0.2) is 16.6 Å². The highest BCUT2D eigenvalue weighted by Crippen LogP contribution is 2.01. The first kappa shape index (κ1) is 8.67. The summed E-state index contributed by atoms with van der Waals surface area (Å²) in [5, 5.41) is 8.17. The average Bonchev–Trinajstić information content (AvgIpc) is 1.89. The fourth-order valence-corrected chi connectivity index (χ4v) is 0.822. The number of rotatable bonds is 4. The summed E-state index contributed by atoms with van der Waals surface area (Å²) >= 11 is 0. The monoisotopic (exact) mass is 143 g/mol. The van der Waals surface area contributed by atoms with E-state index in [9.17, 15) is 0 Å². The third kappa shape index (κ3) is 5.54. The second-order valence-corrected chi connectivity index (χ2v) is 2.57. The second-order valence-electron chi connectivity index (χ2n) is 2.10. The third-order valence-corrected chi connectivity index (χ3v) is 2.11. The Morgan fingerprint density at radius 1 is 1.78 bits per heavy atom. The van der Waals surface area contributed by atoms with Gasteiger partial charge in [0, 0.05) is 12.5 Å². The number of unbranched alkanes of at least 4 members (excludes halogenated alkanes) is 1. The first-order chi connectivity index (χ1) is 4.31. The Morgan fingerprint density at radius 3 is 2.89 bits per heavy atom. The van der Waals surface area contributed by atoms with Crippen molar-refractivity contribution in [1.29, 1.82) is 5.26 Å². The molecule has 0 fully saturated rings. The van der Waals surface area contributed by atoms with E-state index in [4.69, 9.17) is 9.69 Å². The number of hydrogen-bond acceptors (Lipinski definition) is 2. The maximum Gasteiger partial charge on any atom is 0.146 e. The minimum absolute atomic E-state index is 0.366. The van der Waals surface area contributed by atoms with Crippen molar-refractivity contribution in [3.05, 3.63) is 0 Å². The van der Waals surface area contributed by atoms with E-state index < -0.39 is 0 Å². The fraction of sp³-hybridized carbons (Fsp3) is 0.833. The highest BCUT2D eigenvalue weighted by molar-refractivity contribution is 5.98. The molecule has 0 aromatic heterocycles. The molecule has 0 amide bonds. The van der Waals surface area contributed by atoms with Crippen LogP contribution in [-0.2, 0) is 4.43 Å². The van der Waals surface area contributed by atoms with E-state index in [1.54, 1.807) is 0 Å². The van der Waals surface area contributed by atoms with E-state index in [0.717, 1.165) is 23.3 Å². The lowest BCUT2D eigenvalue weighted by Gasteiger charge is -2.06. The summed E-state index contributed by atoms with van der Waals surface area (Å²) in [7, 11) is 0.808. The van der Waals surface area contributed by atoms with Crippen molar-refractivity contribution in [2.75, 3.05) is 0 Å². The number of nitrogens with zero attached hydrogens (tertiary/aromatic N) is 1. The summed E-state index contributed by atoms with van der Waals surface area (Å²) in [5.74, 6) is 0. The minimum atomic E-state index is 0.366. The van der Waals surface area contributed by atoms with Gasteiger partial charge in [-0.25, -0.2) is 0 Å². The molecule has 0 aliphatic rings. The Bertz CT molecular complexity index is 99.7. The van der Waals surface area contributed by atoms with Gasteiger partial charge in [0.1, 0.15) is 10.5 Å². The molecule has 0 heterocycles. The molecule has 0 spiro atoms. The Kier molecular flexibility index (Phi) is 5.58. The Labute approximate surface area is 59.4 Å². The van der Waals surface area contributed by atoms with Crippen LogP contribution >= 0.6 is 0 Å². The van der Waals surface area contributed by atoms with Gasteiger partial charge in [0.2, 0.25) is 0 Å². The summed E-state index contributed by atoms with van der Waals surface area (Å²) in [6, 6.07) is 2.10. The molecule has 0 saturated carbocycles. The van der Waals surface area contributed by atoms with E-state index in [2.05, 4.69) is 6.07 Å². The molecule has 0 aliphatic carbocycles. The molecule has 52 valence electrons. The smallest absolute Gasteiger partial charge is 0.146 e. The van der Waals surface area contributed by atoms with E-state index in [1.165, 1.54) is 0 Å². The topological polar surface area (TPSA) is 33.0 Å². The predicted molar refractivity (Wildman–Crippen MR) is 40.0 cm³/mol. The predicted octanol–water partition coefficient (Wildman–Crippen LogP) is 0.366. The summed E-state index contributed by atoms with van der Waals surface area (Å²) in [4.78, 5) is 0. The van der Waals surface area contributed by atoms with Crippen molar-refractivity contribution in [3.63, 3.8) is 0 Å². The van der Waals surface area contributed by atoms with E-state index in [1.807, 2.05) is 6.92 Å². The Morgan fingerprint density at radius 2 is 2.44 bits per heavy atom. The van der Waals surface area contributed by atoms with Gasteiger partial charge < -0.3 is 4.43 Å². The number of hydrogen-bond donors (Lipinski definition) is 0. The normalized spacial score (nSPS) is 12.9. The van der Waals surface area contributed by atoms with Crippen LogP contribution in [0.25, 0.3) is 0 Å². The zero-order valence-electron chi connectivity index (χ0n) is 6.05. The maximum atomic E-state index is 8.17. The molecular weight excluding hydrogens is 130 g/mol. The number of nitriles is 1. The van der Waals surface area contributed by atoms with Gasteiger partial charge in [0.25, 0.3) is 0 Å². The summed E-state index contributed by atoms with van der Waals surface area (Å²) in [6.45, 7) is 2.05. The highest BCUT2D eigenvalue weighted by Gasteiger charge is 1.95. The summed E-state index contributed by atoms with van der Waals surface area (Å²) in [5.41, 5.74) is 0. The Balaban J connectivity index is 2.99. The lowest BCUT2D eigenvalue weighted by Crippen LogP contribution is -2.04. The molecule has 0 bridgehead atoms. The van der Waals surface area contributed by atoms with Gasteiger partial charge in [0.05, 0.1) is 6.07 Å². The first-order valence-corrected chi connectivity index (χ1v) is 4.02. The van der Waals surface area contributed by atoms with Gasteiger partial charge in [-0.2, -0.15) is 5.26 Å². The van der Waals surface area contributed by atoms with Crippen LogP contribution in [0.2, 0.25) is 0 Å². The van der Waals surface area contributed by atoms with Crippen molar-refractivity contribution in [2.24, 2.45) is 0 Å². The standard InChI is InChI=1S/C6H13NOSi/c1-6(8-9)4-2-3-5-7/h6H,2-4H2,1,9H3. The summed E-state index contributed by atoms with van der Waals surface area (Å²) < 4.78 is 5.13. The molecule has 0 saturated heterocycles. The molecule has 0 aliphatic heterocycles. The minimum Gasteiger partial charge on any atom is -0.425 e. The van der Waals surface area contributed by atoms with Crippen molar-refractivity contribution < 1.29 is 4.43 Å². The van der Waals surface area contributed by atoms with Crippen LogP contribution in [0, 0.1) is 11.3 Å². The molecule has 9 heavy (non-hydrogen) atoms. The summed E-state index contributed by atoms with van der Waals surface area (Å²) in [6.07, 6.45) is 3.02. The van der Waals surface area contributed by atoms with Gasteiger partial charge in [-0.3, -0.25) is 0 Å². The molecule has 0 N–H and O–H groups in total. The van der Waals surface area contributed by atoms with E-state index in [0.29, 0.717) is 12.5 Å². The van der Waals surface area contributed by atoms with Gasteiger partial charge >= 0.3 is 0 Å². The van der Waals surface area contributed by atoms with Crippen LogP contribution in [0.4, 0.5) is 0 Å². The molecular formula is C6H13NOSi. The second kappa shape index (κ2) is 5.80. The quantitative estimate of drug-likeness (QED) is 0.420. The van der Waals surface area contributed by atoms with Crippen molar-refractivity contribution in [3.8, 4) is 6.07 Å². The lowest BCUT2D eigenvalue weighted by atomic mass is 10.2. The van der Waals surface area contributed by atoms with Crippen LogP contribution in [0.3, 0.4) is 0 Å². The van der Waals surface area contributed by atoms with Gasteiger partial charge in [-0.05, 0) is 19.8 Å². The molecule has 0 aromatic carbocycles. The van der Waals surface area contributed by atoms with Gasteiger partial charge in [-0.1, -0.05) is 0 Å². The van der Waals surface area contributed by atoms with Crippen molar-refractivity contribution in [1.82, 2.24) is 0 Å². The maximum absolute atomic E-state index is 8.17. The molecule has 2 nitrogen and oxygen atoms in total. The Hall–Kier alpha value is -0.333. The molecule has 0 radical (unpaired) electrons. The van der Waals surface area contributed by atoms with Crippen molar-refractivity contribution in [2.45, 2.75) is 32.3 Å². The van der Waals surface area contributed by atoms with E-state index in [-0.39, 0.29) is 0 Å². The van der Waals surface area contributed by atoms with Gasteiger partial charge in [-0.15, -0.1) is 0 Å². The average molecular weight is 143 g/mol. The fourth-order valence-electron chi connectivity index (χ4n) is 0.586. The van der Waals surface area contributed by atoms with Crippen LogP contribution < -0.4 is 0 Å². The van der Waals surface area contributed by atoms with Gasteiger partial charge in [0.15, 0.2) is 0 Å². The molecule has 1 unspecified atom stereocenters. The largest absolute Gasteiger partial charge is 0.425 e. The lowest BCUT2D eigenvalue weighted by molar-refractivity contribution is 0.229. The highest BCUT2D eigenvalue weighted by atomic mass is 28.2. The molecule has 3 heteroatoms. The first-order valence-electron chi connectivity index (χ1n) is 3.21. The van der Waals surface area contributed by atoms with Crippen LogP contribution in [0.15, 0.2) is 0 Å². The molecule has 0 rings (SSSR count).